The number of rotatable bonds is 7. The molecule has 3 amide bonds. The Morgan fingerprint density at radius 3 is 2.43 bits per heavy atom. The third-order valence-corrected chi connectivity index (χ3v) is 5.79. The van der Waals surface area contributed by atoms with E-state index in [-0.39, 0.29) is 23.9 Å². The highest BCUT2D eigenvalue weighted by Crippen LogP contribution is 2.27. The largest absolute Gasteiger partial charge is 0.329 e. The number of nitrogens with zero attached hydrogens (tertiary/aromatic N) is 4. The number of urea groups is 1. The Hall–Kier alpha value is -2.35. The van der Waals surface area contributed by atoms with Crippen LogP contribution < -0.4 is 5.32 Å². The molecule has 8 heteroatoms. The van der Waals surface area contributed by atoms with Crippen molar-refractivity contribution in [2.45, 2.75) is 51.2 Å². The molecule has 0 radical (unpaired) electrons. The Morgan fingerprint density at radius 1 is 1.14 bits per heavy atom. The fourth-order valence-electron chi connectivity index (χ4n) is 3.08. The molecule has 1 aromatic heterocycles. The monoisotopic (exact) mass is 401 g/mol. The van der Waals surface area contributed by atoms with Gasteiger partial charge in [0.1, 0.15) is 0 Å². The van der Waals surface area contributed by atoms with Crippen molar-refractivity contribution in [3.63, 3.8) is 0 Å². The summed E-state index contributed by atoms with van der Waals surface area (Å²) in [4.78, 5) is 24.4. The Morgan fingerprint density at radius 2 is 1.86 bits per heavy atom. The smallest absolute Gasteiger partial charge is 0.324 e. The van der Waals surface area contributed by atoms with Gasteiger partial charge in [-0.3, -0.25) is 9.69 Å². The minimum atomic E-state index is -0.298. The molecule has 1 fully saturated rings. The van der Waals surface area contributed by atoms with E-state index in [1.807, 2.05) is 0 Å². The number of aromatic nitrogens is 3. The summed E-state index contributed by atoms with van der Waals surface area (Å²) in [5, 5.41) is 12.1. The summed E-state index contributed by atoms with van der Waals surface area (Å²) < 4.78 is 2.10. The second-order valence-electron chi connectivity index (χ2n) is 7.78. The molecule has 2 heterocycles. The van der Waals surface area contributed by atoms with Crippen LogP contribution in [-0.2, 0) is 16.8 Å². The standard InChI is InChI=1S/C20H27N5O2S/c1-5-24-17(14-7-9-15(10-8-14)20(2,3)4)22-23-19(24)28-12-6-11-25-16(26)13-21-18(25)27/h7-10H,5-6,11-13H2,1-4H3,(H,21,27). The van der Waals surface area contributed by atoms with Gasteiger partial charge in [-0.05, 0) is 24.3 Å². The van der Waals surface area contributed by atoms with E-state index in [4.69, 9.17) is 0 Å². The van der Waals surface area contributed by atoms with Crippen LogP contribution in [0.5, 0.6) is 0 Å². The van der Waals surface area contributed by atoms with Gasteiger partial charge in [-0.15, -0.1) is 10.2 Å². The van der Waals surface area contributed by atoms with Crippen molar-refractivity contribution in [1.29, 1.82) is 0 Å². The van der Waals surface area contributed by atoms with Gasteiger partial charge >= 0.3 is 6.03 Å². The van der Waals surface area contributed by atoms with Crippen molar-refractivity contribution >= 4 is 23.7 Å². The van der Waals surface area contributed by atoms with Crippen molar-refractivity contribution < 1.29 is 9.59 Å². The molecule has 1 aromatic carbocycles. The molecule has 0 aliphatic carbocycles. The van der Waals surface area contributed by atoms with Crippen LogP contribution in [0.2, 0.25) is 0 Å². The summed E-state index contributed by atoms with van der Waals surface area (Å²) in [5.41, 5.74) is 2.45. The van der Waals surface area contributed by atoms with Crippen LogP contribution in [0, 0.1) is 0 Å². The van der Waals surface area contributed by atoms with E-state index in [9.17, 15) is 9.59 Å². The van der Waals surface area contributed by atoms with Crippen molar-refractivity contribution in [1.82, 2.24) is 25.0 Å². The fourth-order valence-corrected chi connectivity index (χ4v) is 4.01. The van der Waals surface area contributed by atoms with Gasteiger partial charge in [-0.1, -0.05) is 56.8 Å². The minimum Gasteiger partial charge on any atom is -0.329 e. The zero-order valence-corrected chi connectivity index (χ0v) is 17.7. The topological polar surface area (TPSA) is 80.1 Å². The van der Waals surface area contributed by atoms with Gasteiger partial charge in [-0.2, -0.15) is 0 Å². The molecular formula is C20H27N5O2S. The van der Waals surface area contributed by atoms with Crippen LogP contribution in [-0.4, -0.2) is 50.4 Å². The normalized spacial score (nSPS) is 14.6. The molecule has 0 saturated carbocycles. The van der Waals surface area contributed by atoms with E-state index < -0.39 is 0 Å². The van der Waals surface area contributed by atoms with Crippen molar-refractivity contribution in [3.05, 3.63) is 29.8 Å². The van der Waals surface area contributed by atoms with E-state index in [0.717, 1.165) is 35.3 Å². The second-order valence-corrected chi connectivity index (χ2v) is 8.85. The molecule has 3 rings (SSSR count). The lowest BCUT2D eigenvalue weighted by molar-refractivity contribution is -0.124. The highest BCUT2D eigenvalue weighted by Gasteiger charge is 2.27. The van der Waals surface area contributed by atoms with Crippen molar-refractivity contribution in [2.75, 3.05) is 18.8 Å². The number of nitrogens with one attached hydrogen (secondary N) is 1. The van der Waals surface area contributed by atoms with Gasteiger partial charge in [0.05, 0.1) is 6.54 Å². The predicted octanol–water partition coefficient (Wildman–Crippen LogP) is 3.30. The summed E-state index contributed by atoms with van der Waals surface area (Å²) in [6.07, 6.45) is 0.718. The first-order valence-electron chi connectivity index (χ1n) is 9.56. The molecule has 0 atom stereocenters. The molecule has 28 heavy (non-hydrogen) atoms. The van der Waals surface area contributed by atoms with E-state index in [1.165, 1.54) is 10.5 Å². The predicted molar refractivity (Wildman–Crippen MR) is 110 cm³/mol. The molecule has 0 spiro atoms. The lowest BCUT2D eigenvalue weighted by Crippen LogP contribution is -2.32. The molecule has 1 aliphatic rings. The zero-order valence-electron chi connectivity index (χ0n) is 16.9. The number of hydrogen-bond donors (Lipinski definition) is 1. The lowest BCUT2D eigenvalue weighted by Gasteiger charge is -2.19. The summed E-state index contributed by atoms with van der Waals surface area (Å²) in [6, 6.07) is 8.20. The number of amides is 3. The molecule has 1 N–H and O–H groups in total. The van der Waals surface area contributed by atoms with E-state index in [0.29, 0.717) is 6.54 Å². The molecular weight excluding hydrogens is 374 g/mol. The van der Waals surface area contributed by atoms with Crippen molar-refractivity contribution in [3.8, 4) is 11.4 Å². The van der Waals surface area contributed by atoms with E-state index in [2.05, 4.69) is 72.0 Å². The molecule has 2 aromatic rings. The molecule has 1 saturated heterocycles. The third kappa shape index (κ3) is 4.38. The quantitative estimate of drug-likeness (QED) is 0.437. The van der Waals surface area contributed by atoms with E-state index >= 15 is 0 Å². The Kier molecular flexibility index (Phi) is 6.07. The summed E-state index contributed by atoms with van der Waals surface area (Å²) in [5.74, 6) is 1.46. The Labute approximate surface area is 169 Å². The molecule has 1 aliphatic heterocycles. The number of hydrogen-bond acceptors (Lipinski definition) is 5. The molecule has 0 bridgehead atoms. The number of benzene rings is 1. The van der Waals surface area contributed by atoms with Crippen molar-refractivity contribution in [2.24, 2.45) is 0 Å². The number of carbonyl (C=O) groups excluding carboxylic acids is 2. The number of carbonyl (C=O) groups is 2. The maximum atomic E-state index is 11.6. The second kappa shape index (κ2) is 8.34. The lowest BCUT2D eigenvalue weighted by atomic mass is 9.87. The Balaban J connectivity index is 1.63. The first-order chi connectivity index (χ1) is 13.3. The van der Waals surface area contributed by atoms with Crippen LogP contribution in [0.15, 0.2) is 29.4 Å². The van der Waals surface area contributed by atoms with Gasteiger partial charge in [-0.25, -0.2) is 4.79 Å². The first kappa shape index (κ1) is 20.4. The average molecular weight is 402 g/mol. The van der Waals surface area contributed by atoms with Crippen LogP contribution in [0.3, 0.4) is 0 Å². The maximum absolute atomic E-state index is 11.6. The van der Waals surface area contributed by atoms with Crippen LogP contribution >= 0.6 is 11.8 Å². The third-order valence-electron chi connectivity index (χ3n) is 4.74. The van der Waals surface area contributed by atoms with E-state index in [1.54, 1.807) is 11.8 Å². The average Bonchev–Trinajstić information content (AvgIpc) is 3.21. The number of imide groups is 1. The first-order valence-corrected chi connectivity index (χ1v) is 10.5. The van der Waals surface area contributed by atoms with Crippen LogP contribution in [0.25, 0.3) is 11.4 Å². The summed E-state index contributed by atoms with van der Waals surface area (Å²) >= 11 is 1.60. The summed E-state index contributed by atoms with van der Waals surface area (Å²) in [7, 11) is 0. The van der Waals surface area contributed by atoms with Gasteiger partial charge in [0.2, 0.25) is 5.91 Å². The SMILES string of the molecule is CCn1c(SCCCN2C(=O)CNC2=O)nnc1-c1ccc(C(C)(C)C)cc1. The number of thioether (sulfide) groups is 1. The van der Waals surface area contributed by atoms with Gasteiger partial charge < -0.3 is 9.88 Å². The van der Waals surface area contributed by atoms with Gasteiger partial charge in [0.15, 0.2) is 11.0 Å². The van der Waals surface area contributed by atoms with Crippen LogP contribution in [0.4, 0.5) is 4.79 Å². The summed E-state index contributed by atoms with van der Waals surface area (Å²) in [6.45, 7) is 9.98. The van der Waals surface area contributed by atoms with Crippen LogP contribution in [0.1, 0.15) is 39.7 Å². The highest BCUT2D eigenvalue weighted by molar-refractivity contribution is 7.99. The zero-order chi connectivity index (χ0) is 20.3. The molecule has 7 nitrogen and oxygen atoms in total. The fraction of sp³-hybridized carbons (Fsp3) is 0.500. The maximum Gasteiger partial charge on any atom is 0.324 e. The highest BCUT2D eigenvalue weighted by atomic mass is 32.2. The molecule has 0 unspecified atom stereocenters. The molecule has 150 valence electrons. The van der Waals surface area contributed by atoms with Gasteiger partial charge in [0, 0.05) is 24.4 Å². The Bertz CT molecular complexity index is 838. The minimum absolute atomic E-state index is 0.105. The van der Waals surface area contributed by atoms with Gasteiger partial charge in [0.25, 0.3) is 0 Å².